The van der Waals surface area contributed by atoms with Gasteiger partial charge in [-0.3, -0.25) is 4.79 Å². The molecular formula is C44H58O13. The van der Waals surface area contributed by atoms with Crippen LogP contribution in [0.4, 0.5) is 0 Å². The van der Waals surface area contributed by atoms with E-state index in [4.69, 9.17) is 28.4 Å². The molecule has 1 aromatic carbocycles. The Bertz CT molecular complexity index is 1830. The third-order valence-corrected chi connectivity index (χ3v) is 15.8. The molecule has 13 heteroatoms. The lowest BCUT2D eigenvalue weighted by molar-refractivity contribution is -0.595. The number of hydrogen-bond acceptors (Lipinski definition) is 13. The number of fused-ring (bicyclic) bond motifs is 3. The largest absolute Gasteiger partial charge is 0.458 e. The minimum absolute atomic E-state index is 0.0620. The van der Waals surface area contributed by atoms with Gasteiger partial charge in [0.2, 0.25) is 0 Å². The zero-order valence-corrected chi connectivity index (χ0v) is 33.5. The van der Waals surface area contributed by atoms with Crippen molar-refractivity contribution in [2.45, 2.75) is 144 Å². The van der Waals surface area contributed by atoms with E-state index < -0.39 is 107 Å². The lowest BCUT2D eigenvalue weighted by Crippen LogP contribution is -2.89. The number of esters is 2. The topological polar surface area (TPSA) is 194 Å². The predicted molar refractivity (Wildman–Crippen MR) is 200 cm³/mol. The number of aliphatic hydroxyl groups is 5. The van der Waals surface area contributed by atoms with Crippen molar-refractivity contribution < 1.29 is 63.5 Å². The molecule has 9 aliphatic rings. The molecule has 5 N–H and O–H groups in total. The Morgan fingerprint density at radius 2 is 1.68 bits per heavy atom. The van der Waals surface area contributed by atoms with Crippen LogP contribution in [-0.2, 0) is 44.0 Å². The molecule has 0 amide bonds. The molecule has 10 bridgehead atoms. The number of allylic oxidation sites excluding steroid dienone is 2. The van der Waals surface area contributed by atoms with Crippen LogP contribution >= 0.6 is 0 Å². The molecule has 0 radical (unpaired) electrons. The third-order valence-electron chi connectivity index (χ3n) is 15.8. The molecule has 5 heterocycles. The minimum atomic E-state index is -2.21. The van der Waals surface area contributed by atoms with Gasteiger partial charge < -0.3 is 54.0 Å². The Morgan fingerprint density at radius 3 is 2.39 bits per heavy atom. The van der Waals surface area contributed by atoms with Crippen LogP contribution in [-0.4, -0.2) is 109 Å². The van der Waals surface area contributed by atoms with Gasteiger partial charge in [0.15, 0.2) is 0 Å². The van der Waals surface area contributed by atoms with Crippen LogP contribution in [0.5, 0.6) is 0 Å². The van der Waals surface area contributed by atoms with Crippen LogP contribution in [0.25, 0.3) is 0 Å². The summed E-state index contributed by atoms with van der Waals surface area (Å²) < 4.78 is 39.5. The molecule has 10 rings (SSSR count). The van der Waals surface area contributed by atoms with Crippen molar-refractivity contribution in [3.63, 3.8) is 0 Å². The lowest BCUT2D eigenvalue weighted by Gasteiger charge is -2.74. The van der Waals surface area contributed by atoms with E-state index in [0.29, 0.717) is 18.4 Å². The summed E-state index contributed by atoms with van der Waals surface area (Å²) in [5.41, 5.74) is -8.82. The van der Waals surface area contributed by atoms with Gasteiger partial charge in [-0.2, -0.15) is 0 Å². The van der Waals surface area contributed by atoms with Crippen molar-refractivity contribution >= 4 is 11.9 Å². The Morgan fingerprint density at radius 1 is 0.965 bits per heavy atom. The van der Waals surface area contributed by atoms with E-state index in [0.717, 1.165) is 0 Å². The summed E-state index contributed by atoms with van der Waals surface area (Å²) in [5.74, 6) is -6.33. The average Bonchev–Trinajstić information content (AvgIpc) is 3.72. The minimum Gasteiger partial charge on any atom is -0.458 e. The summed E-state index contributed by atoms with van der Waals surface area (Å²) >= 11 is 0. The Hall–Kier alpha value is -2.72. The zero-order chi connectivity index (χ0) is 40.7. The normalized spacial score (nSPS) is 53.3. The first-order chi connectivity index (χ1) is 26.9. The molecule has 13 nitrogen and oxygen atoms in total. The maximum Gasteiger partial charge on any atom is 0.331 e. The second kappa shape index (κ2) is 13.1. The number of aliphatic hydroxyl groups excluding tert-OH is 2. The molecule has 4 aliphatic carbocycles. The van der Waals surface area contributed by atoms with Crippen molar-refractivity contribution in [2.75, 3.05) is 6.61 Å². The van der Waals surface area contributed by atoms with Gasteiger partial charge in [0.25, 0.3) is 0 Å². The van der Waals surface area contributed by atoms with Crippen LogP contribution < -0.4 is 0 Å². The van der Waals surface area contributed by atoms with E-state index in [1.807, 2.05) is 45.9 Å². The van der Waals surface area contributed by atoms with Crippen molar-refractivity contribution in [3.8, 4) is 0 Å². The standard InChI is InChI=1S/C44H58O13/c1-22(2)18-32(47)52-29-14-10-11-15-31(46)53-34-23(3)19-30-41(34,50)38(48)40(21-45)36(54-40)33-37-43(51,39(6,49)20-26-16-17-28(29)24(26)4)35-25(5)42(30,33)57-44(55-35,56-37)27-12-8-7-9-13-27/h7-15,22-26,28-30,33-38,45,48-51H,16-21H2,1-6H3/t23-,24-,25+,26+,28-,29+,30+,33-,34-,35-,36-,37+,38+,39+,40-,41+,42-,43-,44-/m0/s1. The molecule has 5 aliphatic heterocycles. The maximum atomic E-state index is 13.7. The lowest BCUT2D eigenvalue weighted by atomic mass is 9.49. The van der Waals surface area contributed by atoms with Gasteiger partial charge in [-0.1, -0.05) is 77.1 Å². The molecule has 1 aromatic rings. The molecule has 0 aromatic heterocycles. The quantitative estimate of drug-likeness (QED) is 0.216. The summed E-state index contributed by atoms with van der Waals surface area (Å²) in [7, 11) is 0. The maximum absolute atomic E-state index is 13.7. The van der Waals surface area contributed by atoms with Crippen LogP contribution in [0.3, 0.4) is 0 Å². The average molecular weight is 795 g/mol. The monoisotopic (exact) mass is 794 g/mol. The van der Waals surface area contributed by atoms with Gasteiger partial charge in [-0.25, -0.2) is 4.79 Å². The number of carbonyl (C=O) groups excluding carboxylic acids is 2. The first-order valence-corrected chi connectivity index (χ1v) is 20.9. The first-order valence-electron chi connectivity index (χ1n) is 20.9. The highest BCUT2D eigenvalue weighted by molar-refractivity contribution is 5.82. The molecule has 19 atom stereocenters. The smallest absolute Gasteiger partial charge is 0.331 e. The first kappa shape index (κ1) is 39.7. The van der Waals surface area contributed by atoms with Gasteiger partial charge in [0.05, 0.1) is 17.8 Å². The van der Waals surface area contributed by atoms with Gasteiger partial charge >= 0.3 is 17.9 Å². The number of carbonyl (C=O) groups is 2. The highest BCUT2D eigenvalue weighted by Crippen LogP contribution is 2.75. The molecule has 312 valence electrons. The molecule has 1 spiro atoms. The van der Waals surface area contributed by atoms with E-state index in [-0.39, 0.29) is 48.9 Å². The molecule has 4 saturated heterocycles. The second-order valence-corrected chi connectivity index (χ2v) is 19.3. The predicted octanol–water partition coefficient (Wildman–Crippen LogP) is 3.04. The third kappa shape index (κ3) is 5.26. The summed E-state index contributed by atoms with van der Waals surface area (Å²) in [4.78, 5) is 26.7. The number of epoxide rings is 1. The second-order valence-electron chi connectivity index (χ2n) is 19.3. The summed E-state index contributed by atoms with van der Waals surface area (Å²) in [6.45, 7) is 10.6. The van der Waals surface area contributed by atoms with Crippen LogP contribution in [0.2, 0.25) is 0 Å². The number of benzene rings is 1. The van der Waals surface area contributed by atoms with E-state index in [9.17, 15) is 35.1 Å². The number of ether oxygens (including phenoxy) is 6. The van der Waals surface area contributed by atoms with Crippen molar-refractivity contribution in [3.05, 3.63) is 60.2 Å². The fourth-order valence-corrected chi connectivity index (χ4v) is 13.0. The van der Waals surface area contributed by atoms with Gasteiger partial charge in [-0.05, 0) is 62.4 Å². The fourth-order valence-electron chi connectivity index (χ4n) is 13.0. The summed E-state index contributed by atoms with van der Waals surface area (Å²) in [6.07, 6.45) is 1.15. The van der Waals surface area contributed by atoms with Gasteiger partial charge in [0, 0.05) is 41.7 Å². The molecule has 4 saturated carbocycles. The van der Waals surface area contributed by atoms with Crippen molar-refractivity contribution in [1.82, 2.24) is 0 Å². The van der Waals surface area contributed by atoms with E-state index in [1.165, 1.54) is 12.2 Å². The Labute approximate surface area is 333 Å². The van der Waals surface area contributed by atoms with Crippen molar-refractivity contribution in [1.29, 1.82) is 0 Å². The zero-order valence-electron chi connectivity index (χ0n) is 33.5. The number of hydrogen-bond donors (Lipinski definition) is 5. The molecular weight excluding hydrogens is 736 g/mol. The van der Waals surface area contributed by atoms with Crippen LogP contribution in [0.1, 0.15) is 79.2 Å². The summed E-state index contributed by atoms with van der Waals surface area (Å²) in [6, 6.07) is 9.04. The van der Waals surface area contributed by atoms with E-state index in [1.54, 1.807) is 31.2 Å². The highest BCUT2D eigenvalue weighted by atomic mass is 16.9. The Kier molecular flexibility index (Phi) is 9.16. The van der Waals surface area contributed by atoms with Gasteiger partial charge in [-0.15, -0.1) is 0 Å². The Balaban J connectivity index is 1.22. The molecule has 8 fully saturated rings. The van der Waals surface area contributed by atoms with Crippen LogP contribution in [0.15, 0.2) is 54.6 Å². The highest BCUT2D eigenvalue weighted by Gasteiger charge is 2.91. The fraction of sp³-hybridized carbons (Fsp3) is 0.727. The molecule has 0 unspecified atom stereocenters. The van der Waals surface area contributed by atoms with E-state index >= 15 is 0 Å². The molecule has 57 heavy (non-hydrogen) atoms. The van der Waals surface area contributed by atoms with Crippen molar-refractivity contribution in [2.24, 2.45) is 47.3 Å². The summed E-state index contributed by atoms with van der Waals surface area (Å²) in [5, 5.41) is 63.3. The van der Waals surface area contributed by atoms with Crippen LogP contribution in [0, 0.1) is 47.3 Å². The van der Waals surface area contributed by atoms with Gasteiger partial charge in [0.1, 0.15) is 53.4 Å². The SMILES string of the molecule is CC(C)CC(=O)O[C@@H]1C=CC=CC(=O)O[C@H]2[C@@H](C)C[C@@H]3[C@]2(O)[C@H](O)[C@@]2(CO)O[C@H]2[C@H]2[C@H]4O[C@]5(c6ccccc6)O[C@@H]([C@@H](C)[C@@]23O5)[C@@]4(O)[C@](C)(O)C[C@H]2CC[C@H]1[C@H]2C. The van der Waals surface area contributed by atoms with E-state index in [2.05, 4.69) is 6.92 Å². The number of rotatable bonds is 5.